The van der Waals surface area contributed by atoms with E-state index in [9.17, 15) is 0 Å². The monoisotopic (exact) mass is 281 g/mol. The van der Waals surface area contributed by atoms with Crippen LogP contribution in [0, 0.1) is 0 Å². The van der Waals surface area contributed by atoms with E-state index in [1.807, 2.05) is 6.20 Å². The van der Waals surface area contributed by atoms with Crippen molar-refractivity contribution in [2.24, 2.45) is 0 Å². The minimum absolute atomic E-state index is 0.198. The van der Waals surface area contributed by atoms with Crippen molar-refractivity contribution in [1.82, 2.24) is 25.2 Å². The first kappa shape index (κ1) is 15.4. The fraction of sp³-hybridized carbons (Fsp3) is 0.857. The zero-order valence-corrected chi connectivity index (χ0v) is 12.3. The average Bonchev–Trinajstić information content (AvgIpc) is 2.94. The van der Waals surface area contributed by atoms with Crippen LogP contribution in [0.5, 0.6) is 0 Å². The van der Waals surface area contributed by atoms with Gasteiger partial charge < -0.3 is 15.3 Å². The second-order valence-corrected chi connectivity index (χ2v) is 5.48. The van der Waals surface area contributed by atoms with E-state index in [0.29, 0.717) is 0 Å². The van der Waals surface area contributed by atoms with Gasteiger partial charge in [0, 0.05) is 25.9 Å². The van der Waals surface area contributed by atoms with Gasteiger partial charge in [-0.2, -0.15) is 0 Å². The lowest BCUT2D eigenvalue weighted by molar-refractivity contribution is 0.225. The maximum absolute atomic E-state index is 8.76. The lowest BCUT2D eigenvalue weighted by Crippen LogP contribution is -2.32. The number of aliphatic hydroxyl groups excluding tert-OH is 1. The van der Waals surface area contributed by atoms with Crippen molar-refractivity contribution in [1.29, 1.82) is 0 Å². The lowest BCUT2D eigenvalue weighted by atomic mass is 10.1. The zero-order valence-electron chi connectivity index (χ0n) is 12.3. The number of likely N-dealkylation sites (tertiary alicyclic amines) is 1. The Labute approximate surface area is 121 Å². The normalized spacial score (nSPS) is 16.6. The standard InChI is InChI=1S/C14H27N5O/c20-11-5-10-19-13-14(16-17-19)12-15-6-4-9-18-7-2-1-3-8-18/h13,15,20H,1-12H2. The smallest absolute Gasteiger partial charge is 0.0964 e. The molecule has 0 unspecified atom stereocenters. The van der Waals surface area contributed by atoms with Gasteiger partial charge in [-0.3, -0.25) is 4.68 Å². The van der Waals surface area contributed by atoms with Crippen molar-refractivity contribution in [3.8, 4) is 0 Å². The third kappa shape index (κ3) is 5.56. The molecule has 6 nitrogen and oxygen atoms in total. The molecule has 1 aromatic rings. The summed E-state index contributed by atoms with van der Waals surface area (Å²) in [5.74, 6) is 0. The lowest BCUT2D eigenvalue weighted by Gasteiger charge is -2.26. The number of aliphatic hydroxyl groups is 1. The van der Waals surface area contributed by atoms with Gasteiger partial charge in [-0.1, -0.05) is 11.6 Å². The van der Waals surface area contributed by atoms with Crippen molar-refractivity contribution in [2.45, 2.75) is 45.2 Å². The fourth-order valence-corrected chi connectivity index (χ4v) is 2.59. The summed E-state index contributed by atoms with van der Waals surface area (Å²) < 4.78 is 1.79. The van der Waals surface area contributed by atoms with Crippen LogP contribution in [0.2, 0.25) is 0 Å². The first-order chi connectivity index (χ1) is 9.88. The molecule has 0 saturated carbocycles. The van der Waals surface area contributed by atoms with Crippen LogP contribution in [0.3, 0.4) is 0 Å². The molecule has 114 valence electrons. The molecule has 1 aliphatic heterocycles. The van der Waals surface area contributed by atoms with Gasteiger partial charge in [0.15, 0.2) is 0 Å². The van der Waals surface area contributed by atoms with Crippen LogP contribution in [0.1, 0.15) is 37.8 Å². The fourth-order valence-electron chi connectivity index (χ4n) is 2.59. The summed E-state index contributed by atoms with van der Waals surface area (Å²) in [6.07, 6.45) is 8.01. The van der Waals surface area contributed by atoms with Crippen LogP contribution in [0.4, 0.5) is 0 Å². The molecule has 0 amide bonds. The number of nitrogens with zero attached hydrogens (tertiary/aromatic N) is 4. The highest BCUT2D eigenvalue weighted by atomic mass is 16.3. The van der Waals surface area contributed by atoms with Crippen LogP contribution in [0.15, 0.2) is 6.20 Å². The highest BCUT2D eigenvalue weighted by molar-refractivity contribution is 4.91. The molecule has 2 rings (SSSR count). The zero-order chi connectivity index (χ0) is 14.0. The van der Waals surface area contributed by atoms with E-state index in [1.165, 1.54) is 45.3 Å². The summed E-state index contributed by atoms with van der Waals surface area (Å²) >= 11 is 0. The summed E-state index contributed by atoms with van der Waals surface area (Å²) in [7, 11) is 0. The van der Waals surface area contributed by atoms with Gasteiger partial charge in [0.25, 0.3) is 0 Å². The Morgan fingerprint density at radius 3 is 2.80 bits per heavy atom. The van der Waals surface area contributed by atoms with Gasteiger partial charge in [-0.25, -0.2) is 0 Å². The van der Waals surface area contributed by atoms with Crippen molar-refractivity contribution in [3.05, 3.63) is 11.9 Å². The quantitative estimate of drug-likeness (QED) is 0.650. The summed E-state index contributed by atoms with van der Waals surface area (Å²) in [4.78, 5) is 2.57. The Bertz CT molecular complexity index is 362. The van der Waals surface area contributed by atoms with Crippen LogP contribution in [-0.2, 0) is 13.1 Å². The molecule has 0 atom stereocenters. The van der Waals surface area contributed by atoms with Crippen molar-refractivity contribution >= 4 is 0 Å². The predicted octanol–water partition coefficient (Wildman–Crippen LogP) is 0.626. The summed E-state index contributed by atoms with van der Waals surface area (Å²) in [5.41, 5.74) is 0.973. The minimum atomic E-state index is 0.198. The first-order valence-corrected chi connectivity index (χ1v) is 7.81. The number of nitrogens with one attached hydrogen (secondary N) is 1. The van der Waals surface area contributed by atoms with Crippen LogP contribution >= 0.6 is 0 Å². The Hall–Kier alpha value is -0.980. The van der Waals surface area contributed by atoms with Gasteiger partial charge in [0.1, 0.15) is 0 Å². The molecule has 0 aliphatic carbocycles. The molecule has 1 saturated heterocycles. The van der Waals surface area contributed by atoms with E-state index < -0.39 is 0 Å². The number of rotatable bonds is 9. The molecule has 1 fully saturated rings. The summed E-state index contributed by atoms with van der Waals surface area (Å²) in [5, 5.41) is 20.3. The van der Waals surface area contributed by atoms with Gasteiger partial charge in [0.05, 0.1) is 5.69 Å². The molecule has 2 heterocycles. The number of hydrogen-bond acceptors (Lipinski definition) is 5. The summed E-state index contributed by atoms with van der Waals surface area (Å²) in [6.45, 7) is 6.50. The predicted molar refractivity (Wildman–Crippen MR) is 78.3 cm³/mol. The number of aryl methyl sites for hydroxylation is 1. The minimum Gasteiger partial charge on any atom is -0.396 e. The molecule has 1 aromatic heterocycles. The van der Waals surface area contributed by atoms with E-state index in [2.05, 4.69) is 20.5 Å². The molecule has 0 spiro atoms. The van der Waals surface area contributed by atoms with E-state index in [1.54, 1.807) is 4.68 Å². The van der Waals surface area contributed by atoms with Crippen LogP contribution in [0.25, 0.3) is 0 Å². The number of hydrogen-bond donors (Lipinski definition) is 2. The molecule has 1 aliphatic rings. The highest BCUT2D eigenvalue weighted by Crippen LogP contribution is 2.08. The molecule has 0 radical (unpaired) electrons. The Kier molecular flexibility index (Phi) is 6.97. The first-order valence-electron chi connectivity index (χ1n) is 7.81. The molecule has 0 bridgehead atoms. The SMILES string of the molecule is OCCCn1cc(CNCCCN2CCCCC2)nn1. The molecular formula is C14H27N5O. The molecule has 20 heavy (non-hydrogen) atoms. The Balaban J connectivity index is 1.52. The third-order valence-corrected chi connectivity index (χ3v) is 3.71. The Morgan fingerprint density at radius 2 is 2.00 bits per heavy atom. The number of piperidine rings is 1. The maximum Gasteiger partial charge on any atom is 0.0964 e. The second kappa shape index (κ2) is 9.05. The molecule has 6 heteroatoms. The van der Waals surface area contributed by atoms with Gasteiger partial charge in [-0.05, 0) is 51.9 Å². The van der Waals surface area contributed by atoms with Gasteiger partial charge >= 0.3 is 0 Å². The molecule has 2 N–H and O–H groups in total. The van der Waals surface area contributed by atoms with Crippen LogP contribution < -0.4 is 5.32 Å². The Morgan fingerprint density at radius 1 is 1.15 bits per heavy atom. The van der Waals surface area contributed by atoms with Crippen molar-refractivity contribution in [3.63, 3.8) is 0 Å². The largest absolute Gasteiger partial charge is 0.396 e. The topological polar surface area (TPSA) is 66.2 Å². The second-order valence-electron chi connectivity index (χ2n) is 5.48. The summed E-state index contributed by atoms with van der Waals surface area (Å²) in [6, 6.07) is 0. The van der Waals surface area contributed by atoms with Gasteiger partial charge in [-0.15, -0.1) is 5.10 Å². The van der Waals surface area contributed by atoms with E-state index >= 15 is 0 Å². The number of aromatic nitrogens is 3. The van der Waals surface area contributed by atoms with E-state index in [-0.39, 0.29) is 6.61 Å². The van der Waals surface area contributed by atoms with Gasteiger partial charge in [0.2, 0.25) is 0 Å². The van der Waals surface area contributed by atoms with E-state index in [0.717, 1.165) is 31.7 Å². The maximum atomic E-state index is 8.76. The van der Waals surface area contributed by atoms with Crippen molar-refractivity contribution in [2.75, 3.05) is 32.8 Å². The van der Waals surface area contributed by atoms with Crippen molar-refractivity contribution < 1.29 is 5.11 Å². The average molecular weight is 281 g/mol. The molecule has 0 aromatic carbocycles. The third-order valence-electron chi connectivity index (χ3n) is 3.71. The molecular weight excluding hydrogens is 254 g/mol. The van der Waals surface area contributed by atoms with E-state index in [4.69, 9.17) is 5.11 Å². The highest BCUT2D eigenvalue weighted by Gasteiger charge is 2.08. The van der Waals surface area contributed by atoms with Crippen LogP contribution in [-0.4, -0.2) is 57.8 Å².